The lowest BCUT2D eigenvalue weighted by Crippen LogP contribution is -2.40. The van der Waals surface area contributed by atoms with Crippen molar-refractivity contribution in [2.75, 3.05) is 7.05 Å². The third-order valence-electron chi connectivity index (χ3n) is 5.97. The predicted octanol–water partition coefficient (Wildman–Crippen LogP) is 4.38. The first-order chi connectivity index (χ1) is 14.5. The van der Waals surface area contributed by atoms with E-state index in [1.165, 1.54) is 30.6 Å². The number of imidazole rings is 1. The minimum absolute atomic E-state index is 0.0862. The Hall–Kier alpha value is -2.67. The first kappa shape index (κ1) is 20.6. The number of thiophene rings is 1. The van der Waals surface area contributed by atoms with Crippen LogP contribution in [0.5, 0.6) is 0 Å². The van der Waals surface area contributed by atoms with Crippen molar-refractivity contribution in [3.05, 3.63) is 52.5 Å². The molecule has 1 N–H and O–H groups in total. The van der Waals surface area contributed by atoms with Crippen LogP contribution in [-0.2, 0) is 11.3 Å². The van der Waals surface area contributed by atoms with Gasteiger partial charge in [0.25, 0.3) is 5.91 Å². The fourth-order valence-electron chi connectivity index (χ4n) is 4.25. The Labute approximate surface area is 180 Å². The summed E-state index contributed by atoms with van der Waals surface area (Å²) in [5.74, 6) is 0.663. The number of fused-ring (bicyclic) bond motifs is 1. The highest BCUT2D eigenvalue weighted by Crippen LogP contribution is 2.24. The molecule has 158 valence electrons. The zero-order valence-electron chi connectivity index (χ0n) is 17.5. The Kier molecular flexibility index (Phi) is 6.18. The predicted molar refractivity (Wildman–Crippen MR) is 120 cm³/mol. The van der Waals surface area contributed by atoms with Gasteiger partial charge in [-0.25, -0.2) is 4.98 Å². The van der Waals surface area contributed by atoms with Crippen molar-refractivity contribution in [1.29, 1.82) is 0 Å². The molecule has 2 aromatic heterocycles. The Morgan fingerprint density at radius 2 is 1.97 bits per heavy atom. The van der Waals surface area contributed by atoms with E-state index < -0.39 is 0 Å². The molecule has 1 aliphatic carbocycles. The summed E-state index contributed by atoms with van der Waals surface area (Å²) in [6, 6.07) is 11.5. The summed E-state index contributed by atoms with van der Waals surface area (Å²) in [7, 11) is 1.92. The van der Waals surface area contributed by atoms with Crippen LogP contribution in [0, 0.1) is 0 Å². The number of benzene rings is 1. The number of rotatable bonds is 6. The summed E-state index contributed by atoms with van der Waals surface area (Å²) in [5.41, 5.74) is 1.74. The molecule has 1 fully saturated rings. The van der Waals surface area contributed by atoms with Crippen LogP contribution in [0.4, 0.5) is 0 Å². The van der Waals surface area contributed by atoms with Gasteiger partial charge < -0.3 is 14.8 Å². The summed E-state index contributed by atoms with van der Waals surface area (Å²) in [5, 5.41) is 4.91. The number of hydrogen-bond donors (Lipinski definition) is 1. The molecule has 30 heavy (non-hydrogen) atoms. The van der Waals surface area contributed by atoms with Crippen LogP contribution in [0.1, 0.15) is 60.6 Å². The van der Waals surface area contributed by atoms with Crippen molar-refractivity contribution in [2.45, 2.75) is 57.7 Å². The zero-order chi connectivity index (χ0) is 21.1. The third-order valence-corrected chi connectivity index (χ3v) is 6.84. The summed E-state index contributed by atoms with van der Waals surface area (Å²) in [6.45, 7) is 2.14. The fourth-order valence-corrected chi connectivity index (χ4v) is 4.88. The number of likely N-dealkylation sites (N-methyl/N-ethyl adjacent to an activating group) is 1. The van der Waals surface area contributed by atoms with E-state index in [0.29, 0.717) is 16.7 Å². The number of nitrogens with zero attached hydrogens (tertiary/aromatic N) is 3. The highest BCUT2D eigenvalue weighted by molar-refractivity contribution is 7.12. The van der Waals surface area contributed by atoms with Crippen molar-refractivity contribution >= 4 is 34.2 Å². The second kappa shape index (κ2) is 9.00. The summed E-state index contributed by atoms with van der Waals surface area (Å²) < 4.78 is 1.95. The molecular weight excluding hydrogens is 396 g/mol. The van der Waals surface area contributed by atoms with Crippen LogP contribution in [0.2, 0.25) is 0 Å². The fraction of sp³-hybridized carbons (Fsp3) is 0.435. The Morgan fingerprint density at radius 1 is 1.20 bits per heavy atom. The molecule has 2 heterocycles. The molecule has 1 saturated carbocycles. The van der Waals surface area contributed by atoms with Crippen LogP contribution in [-0.4, -0.2) is 39.4 Å². The average molecular weight is 425 g/mol. The molecule has 2 amide bonds. The van der Waals surface area contributed by atoms with E-state index in [-0.39, 0.29) is 24.4 Å². The molecule has 1 atom stereocenters. The molecule has 1 aliphatic rings. The molecule has 0 aliphatic heterocycles. The van der Waals surface area contributed by atoms with Gasteiger partial charge in [-0.2, -0.15) is 0 Å². The molecule has 0 bridgehead atoms. The molecule has 7 heteroatoms. The van der Waals surface area contributed by atoms with E-state index in [4.69, 9.17) is 4.98 Å². The number of hydrogen-bond acceptors (Lipinski definition) is 4. The van der Waals surface area contributed by atoms with Crippen LogP contribution < -0.4 is 5.32 Å². The minimum Gasteiger partial charge on any atom is -0.342 e. The van der Waals surface area contributed by atoms with Crippen molar-refractivity contribution in [1.82, 2.24) is 19.8 Å². The molecule has 6 nitrogen and oxygen atoms in total. The molecule has 4 rings (SSSR count). The van der Waals surface area contributed by atoms with Crippen molar-refractivity contribution in [2.24, 2.45) is 0 Å². The normalized spacial score (nSPS) is 15.8. The van der Waals surface area contributed by atoms with Gasteiger partial charge in [-0.3, -0.25) is 9.59 Å². The monoisotopic (exact) mass is 424 g/mol. The second-order valence-corrected chi connectivity index (χ2v) is 8.96. The highest BCUT2D eigenvalue weighted by Gasteiger charge is 2.25. The highest BCUT2D eigenvalue weighted by atomic mass is 32.1. The van der Waals surface area contributed by atoms with Gasteiger partial charge in [0.15, 0.2) is 0 Å². The third kappa shape index (κ3) is 4.26. The number of aromatic nitrogens is 2. The van der Waals surface area contributed by atoms with Gasteiger partial charge in [0.2, 0.25) is 5.91 Å². The van der Waals surface area contributed by atoms with E-state index in [1.807, 2.05) is 59.2 Å². The first-order valence-corrected chi connectivity index (χ1v) is 11.5. The largest absolute Gasteiger partial charge is 0.342 e. The smallest absolute Gasteiger partial charge is 0.261 e. The lowest BCUT2D eigenvalue weighted by Gasteiger charge is -2.31. The molecule has 0 saturated heterocycles. The van der Waals surface area contributed by atoms with Gasteiger partial charge in [0.1, 0.15) is 12.4 Å². The lowest BCUT2D eigenvalue weighted by molar-refractivity contribution is -0.133. The van der Waals surface area contributed by atoms with Crippen LogP contribution in [0.25, 0.3) is 11.0 Å². The number of amides is 2. The van der Waals surface area contributed by atoms with Gasteiger partial charge in [0.05, 0.1) is 22.0 Å². The second-order valence-electron chi connectivity index (χ2n) is 8.01. The number of nitrogens with one attached hydrogen (secondary N) is 1. The summed E-state index contributed by atoms with van der Waals surface area (Å²) in [6.07, 6.45) is 5.79. The van der Waals surface area contributed by atoms with Gasteiger partial charge in [-0.1, -0.05) is 37.5 Å². The topological polar surface area (TPSA) is 67.2 Å². The van der Waals surface area contributed by atoms with Gasteiger partial charge in [-0.05, 0) is 43.3 Å². The minimum atomic E-state index is -0.320. The first-order valence-electron chi connectivity index (χ1n) is 10.6. The SMILES string of the molecule is CC(NC(=O)c1cccs1)c1nc2ccccc2n1CC(=O)N(C)C1CCCCC1. The number of para-hydroxylation sites is 2. The maximum absolute atomic E-state index is 13.1. The van der Waals surface area contributed by atoms with Gasteiger partial charge in [-0.15, -0.1) is 11.3 Å². The molecular formula is C23H28N4O2S. The summed E-state index contributed by atoms with van der Waals surface area (Å²) >= 11 is 1.41. The Balaban J connectivity index is 1.58. The quantitative estimate of drug-likeness (QED) is 0.639. The van der Waals surface area contributed by atoms with Crippen molar-refractivity contribution < 1.29 is 9.59 Å². The molecule has 0 spiro atoms. The van der Waals surface area contributed by atoms with Crippen molar-refractivity contribution in [3.63, 3.8) is 0 Å². The Bertz CT molecular complexity index is 1020. The van der Waals surface area contributed by atoms with Gasteiger partial charge in [0, 0.05) is 13.1 Å². The lowest BCUT2D eigenvalue weighted by atomic mass is 9.94. The Morgan fingerprint density at radius 3 is 2.70 bits per heavy atom. The van der Waals surface area contributed by atoms with E-state index in [0.717, 1.165) is 23.9 Å². The van der Waals surface area contributed by atoms with Crippen molar-refractivity contribution in [3.8, 4) is 0 Å². The average Bonchev–Trinajstić information content (AvgIpc) is 3.43. The van der Waals surface area contributed by atoms with Crippen LogP contribution in [0.15, 0.2) is 41.8 Å². The maximum atomic E-state index is 13.1. The number of carbonyl (C=O) groups excluding carboxylic acids is 2. The molecule has 1 aromatic carbocycles. The van der Waals surface area contributed by atoms with E-state index in [1.54, 1.807) is 6.07 Å². The zero-order valence-corrected chi connectivity index (χ0v) is 18.3. The van der Waals surface area contributed by atoms with Crippen LogP contribution >= 0.6 is 11.3 Å². The number of carbonyl (C=O) groups is 2. The van der Waals surface area contributed by atoms with Gasteiger partial charge >= 0.3 is 0 Å². The standard InChI is InChI=1S/C23H28N4O2S/c1-16(24-23(29)20-13-8-14-30-20)22-25-18-11-6-7-12-19(18)27(22)15-21(28)26(2)17-9-4-3-5-10-17/h6-8,11-14,16-17H,3-5,9-10,15H2,1-2H3,(H,24,29). The molecule has 0 radical (unpaired) electrons. The summed E-state index contributed by atoms with van der Waals surface area (Å²) in [4.78, 5) is 33.0. The molecule has 1 unspecified atom stereocenters. The molecule has 3 aromatic rings. The van der Waals surface area contributed by atoms with Crippen LogP contribution in [0.3, 0.4) is 0 Å². The maximum Gasteiger partial charge on any atom is 0.261 e. The van der Waals surface area contributed by atoms with E-state index in [2.05, 4.69) is 5.32 Å². The van der Waals surface area contributed by atoms with E-state index >= 15 is 0 Å². The van der Waals surface area contributed by atoms with E-state index in [9.17, 15) is 9.59 Å².